The minimum Gasteiger partial charge on any atom is -0.465 e. The minimum atomic E-state index is -0.473. The highest BCUT2D eigenvalue weighted by Gasteiger charge is 2.28. The lowest BCUT2D eigenvalue weighted by Gasteiger charge is -2.18. The Morgan fingerprint density at radius 2 is 1.72 bits per heavy atom. The second kappa shape index (κ2) is 9.36. The van der Waals surface area contributed by atoms with Gasteiger partial charge in [-0.25, -0.2) is 4.79 Å². The molecule has 0 saturated heterocycles. The van der Waals surface area contributed by atoms with Gasteiger partial charge in [-0.3, -0.25) is 9.59 Å². The minimum absolute atomic E-state index is 0.251. The van der Waals surface area contributed by atoms with Gasteiger partial charge >= 0.3 is 5.97 Å². The number of nitrogens with one attached hydrogen (secondary N) is 2. The van der Waals surface area contributed by atoms with Crippen LogP contribution in [0.3, 0.4) is 0 Å². The molecule has 164 valence electrons. The van der Waals surface area contributed by atoms with Gasteiger partial charge < -0.3 is 15.4 Å². The summed E-state index contributed by atoms with van der Waals surface area (Å²) < 4.78 is 4.76. The number of carbonyl (C=O) groups is 3. The Labute approximate surface area is 190 Å². The van der Waals surface area contributed by atoms with Crippen LogP contribution in [0.1, 0.15) is 54.9 Å². The highest BCUT2D eigenvalue weighted by molar-refractivity contribution is 7.17. The van der Waals surface area contributed by atoms with Crippen molar-refractivity contribution in [3.8, 4) is 0 Å². The quantitative estimate of drug-likeness (QED) is 0.528. The number of ether oxygens (including phenoxy) is 1. The number of hydrogen-bond donors (Lipinski definition) is 2. The zero-order chi connectivity index (χ0) is 22.7. The van der Waals surface area contributed by atoms with Crippen LogP contribution in [0.15, 0.2) is 54.6 Å². The number of carbonyl (C=O) groups excluding carboxylic acids is 3. The van der Waals surface area contributed by atoms with E-state index < -0.39 is 5.97 Å². The fraction of sp³-hybridized carbons (Fsp3) is 0.240. The SMILES string of the molecule is COC(=O)c1cccc(NC(=O)c2c(NC(=O)c3ccccc3)sc3c2CCC(C)C3)c1. The average molecular weight is 449 g/mol. The molecule has 32 heavy (non-hydrogen) atoms. The van der Waals surface area contributed by atoms with E-state index in [4.69, 9.17) is 4.74 Å². The Bertz CT molecular complexity index is 1170. The van der Waals surface area contributed by atoms with Crippen molar-refractivity contribution >= 4 is 39.8 Å². The monoisotopic (exact) mass is 448 g/mol. The number of fused-ring (bicyclic) bond motifs is 1. The summed E-state index contributed by atoms with van der Waals surface area (Å²) in [4.78, 5) is 39.1. The van der Waals surface area contributed by atoms with Crippen LogP contribution in [0.2, 0.25) is 0 Å². The molecule has 2 aromatic carbocycles. The molecule has 3 aromatic rings. The molecule has 2 amide bonds. The highest BCUT2D eigenvalue weighted by Crippen LogP contribution is 2.40. The molecule has 1 aromatic heterocycles. The normalized spacial score (nSPS) is 14.9. The largest absolute Gasteiger partial charge is 0.465 e. The third-order valence-electron chi connectivity index (χ3n) is 5.54. The van der Waals surface area contributed by atoms with Crippen molar-refractivity contribution in [2.45, 2.75) is 26.2 Å². The first-order valence-corrected chi connectivity index (χ1v) is 11.3. The fourth-order valence-electron chi connectivity index (χ4n) is 3.88. The molecular weight excluding hydrogens is 424 g/mol. The van der Waals surface area contributed by atoms with Crippen LogP contribution < -0.4 is 10.6 Å². The van der Waals surface area contributed by atoms with Crippen molar-refractivity contribution in [1.82, 2.24) is 0 Å². The van der Waals surface area contributed by atoms with Gasteiger partial charge in [0.25, 0.3) is 11.8 Å². The van der Waals surface area contributed by atoms with Crippen molar-refractivity contribution in [3.63, 3.8) is 0 Å². The van der Waals surface area contributed by atoms with Crippen LogP contribution in [0.5, 0.6) is 0 Å². The van der Waals surface area contributed by atoms with Crippen LogP contribution in [-0.4, -0.2) is 24.9 Å². The van der Waals surface area contributed by atoms with E-state index in [0.717, 1.165) is 29.7 Å². The van der Waals surface area contributed by atoms with Gasteiger partial charge in [0.05, 0.1) is 18.2 Å². The van der Waals surface area contributed by atoms with Gasteiger partial charge in [0.1, 0.15) is 5.00 Å². The van der Waals surface area contributed by atoms with Crippen molar-refractivity contribution in [2.24, 2.45) is 5.92 Å². The summed E-state index contributed by atoms with van der Waals surface area (Å²) in [6, 6.07) is 15.5. The molecule has 0 aliphatic heterocycles. The maximum Gasteiger partial charge on any atom is 0.337 e. The van der Waals surface area contributed by atoms with Crippen LogP contribution >= 0.6 is 11.3 Å². The Balaban J connectivity index is 1.65. The Morgan fingerprint density at radius 1 is 0.969 bits per heavy atom. The predicted molar refractivity (Wildman–Crippen MR) is 126 cm³/mol. The zero-order valence-corrected chi connectivity index (χ0v) is 18.8. The first kappa shape index (κ1) is 21.8. The molecule has 6 nitrogen and oxygen atoms in total. The maximum atomic E-state index is 13.3. The maximum absolute atomic E-state index is 13.3. The molecular formula is C25H24N2O4S. The lowest BCUT2D eigenvalue weighted by Crippen LogP contribution is -2.19. The van der Waals surface area contributed by atoms with E-state index in [9.17, 15) is 14.4 Å². The number of esters is 1. The number of amides is 2. The smallest absolute Gasteiger partial charge is 0.337 e. The van der Waals surface area contributed by atoms with Crippen molar-refractivity contribution in [1.29, 1.82) is 0 Å². The van der Waals surface area contributed by atoms with E-state index in [2.05, 4.69) is 17.6 Å². The molecule has 0 radical (unpaired) electrons. The fourth-order valence-corrected chi connectivity index (χ4v) is 5.28. The van der Waals surface area contributed by atoms with Crippen LogP contribution in [0.4, 0.5) is 10.7 Å². The number of methoxy groups -OCH3 is 1. The summed E-state index contributed by atoms with van der Waals surface area (Å²) in [7, 11) is 1.31. The molecule has 0 saturated carbocycles. The van der Waals surface area contributed by atoms with Gasteiger partial charge in [-0.15, -0.1) is 11.3 Å². The van der Waals surface area contributed by atoms with Crippen LogP contribution in [-0.2, 0) is 17.6 Å². The molecule has 1 aliphatic carbocycles. The molecule has 1 aliphatic rings. The van der Waals surface area contributed by atoms with Crippen molar-refractivity contribution in [3.05, 3.63) is 81.7 Å². The zero-order valence-electron chi connectivity index (χ0n) is 17.9. The van der Waals surface area contributed by atoms with E-state index in [0.29, 0.717) is 33.3 Å². The van der Waals surface area contributed by atoms with E-state index in [1.165, 1.54) is 18.4 Å². The molecule has 1 unspecified atom stereocenters. The summed E-state index contributed by atoms with van der Waals surface area (Å²) >= 11 is 1.47. The first-order valence-electron chi connectivity index (χ1n) is 10.5. The number of thiophene rings is 1. The highest BCUT2D eigenvalue weighted by atomic mass is 32.1. The molecule has 2 N–H and O–H groups in total. The summed E-state index contributed by atoms with van der Waals surface area (Å²) in [6.07, 6.45) is 2.67. The Morgan fingerprint density at radius 3 is 2.47 bits per heavy atom. The third-order valence-corrected chi connectivity index (χ3v) is 6.71. The van der Waals surface area contributed by atoms with E-state index in [1.807, 2.05) is 6.07 Å². The number of benzene rings is 2. The molecule has 0 bridgehead atoms. The first-order chi connectivity index (χ1) is 15.5. The Hall–Kier alpha value is -3.45. The van der Waals surface area contributed by atoms with Gasteiger partial charge in [0, 0.05) is 16.1 Å². The van der Waals surface area contributed by atoms with Crippen molar-refractivity contribution in [2.75, 3.05) is 17.7 Å². The van der Waals surface area contributed by atoms with Crippen LogP contribution in [0.25, 0.3) is 0 Å². The lowest BCUT2D eigenvalue weighted by molar-refractivity contribution is 0.0600. The number of anilines is 2. The molecule has 0 spiro atoms. The van der Waals surface area contributed by atoms with Crippen LogP contribution in [0, 0.1) is 5.92 Å². The standard InChI is InChI=1S/C25H24N2O4S/c1-15-11-12-19-20(13-15)32-24(27-22(28)16-7-4-3-5-8-16)21(19)23(29)26-18-10-6-9-17(14-18)25(30)31-2/h3-10,14-15H,11-13H2,1-2H3,(H,26,29)(H,27,28). The van der Waals surface area contributed by atoms with Gasteiger partial charge in [-0.2, -0.15) is 0 Å². The van der Waals surface area contributed by atoms with E-state index >= 15 is 0 Å². The second-order valence-corrected chi connectivity index (χ2v) is 9.01. The summed E-state index contributed by atoms with van der Waals surface area (Å²) in [6.45, 7) is 2.20. The lowest BCUT2D eigenvalue weighted by atomic mass is 9.88. The van der Waals surface area contributed by atoms with E-state index in [1.54, 1.807) is 48.5 Å². The van der Waals surface area contributed by atoms with Gasteiger partial charge in [0.15, 0.2) is 0 Å². The number of rotatable bonds is 5. The van der Waals surface area contributed by atoms with Gasteiger partial charge in [-0.05, 0) is 61.1 Å². The van der Waals surface area contributed by atoms with E-state index in [-0.39, 0.29) is 11.8 Å². The topological polar surface area (TPSA) is 84.5 Å². The molecule has 0 fully saturated rings. The second-order valence-electron chi connectivity index (χ2n) is 7.90. The number of hydrogen-bond acceptors (Lipinski definition) is 5. The average Bonchev–Trinajstić information content (AvgIpc) is 3.16. The molecule has 7 heteroatoms. The summed E-state index contributed by atoms with van der Waals surface area (Å²) in [5.74, 6) is -0.494. The molecule has 4 rings (SSSR count). The summed E-state index contributed by atoms with van der Waals surface area (Å²) in [5, 5.41) is 6.39. The molecule has 1 heterocycles. The Kier molecular flexibility index (Phi) is 6.37. The summed E-state index contributed by atoms with van der Waals surface area (Å²) in [5.41, 5.74) is 2.87. The third kappa shape index (κ3) is 4.57. The van der Waals surface area contributed by atoms with Gasteiger partial charge in [0.2, 0.25) is 0 Å². The van der Waals surface area contributed by atoms with Crippen molar-refractivity contribution < 1.29 is 19.1 Å². The predicted octanol–water partition coefficient (Wildman–Crippen LogP) is 5.16. The van der Waals surface area contributed by atoms with Gasteiger partial charge in [-0.1, -0.05) is 31.2 Å². The molecule has 1 atom stereocenters.